The van der Waals surface area contributed by atoms with Crippen LogP contribution in [-0.2, 0) is 4.79 Å². The van der Waals surface area contributed by atoms with Crippen molar-refractivity contribution in [2.24, 2.45) is 5.92 Å². The Labute approximate surface area is 93.3 Å². The number of hydrogen-bond acceptors (Lipinski definition) is 2. The number of hydrogen-bond donors (Lipinski definition) is 2. The lowest BCUT2D eigenvalue weighted by atomic mass is 10.0. The van der Waals surface area contributed by atoms with Crippen LogP contribution in [0, 0.1) is 5.92 Å². The second-order valence-corrected chi connectivity index (χ2v) is 4.45. The van der Waals surface area contributed by atoms with Crippen LogP contribution in [0.3, 0.4) is 0 Å². The largest absolute Gasteiger partial charge is 0.393 e. The van der Waals surface area contributed by atoms with Crippen molar-refractivity contribution in [3.8, 4) is 0 Å². The molecule has 0 aliphatic rings. The van der Waals surface area contributed by atoms with Gasteiger partial charge in [0.2, 0.25) is 5.91 Å². The van der Waals surface area contributed by atoms with Crippen molar-refractivity contribution in [1.82, 2.24) is 5.32 Å². The van der Waals surface area contributed by atoms with Crippen LogP contribution < -0.4 is 5.32 Å². The van der Waals surface area contributed by atoms with Gasteiger partial charge in [0.25, 0.3) is 0 Å². The number of carbonyl (C=O) groups is 1. The highest BCUT2D eigenvalue weighted by Gasteiger charge is 2.07. The molecule has 0 saturated heterocycles. The van der Waals surface area contributed by atoms with Gasteiger partial charge in [-0.15, -0.1) is 0 Å². The molecule has 1 amide bonds. The lowest BCUT2D eigenvalue weighted by Crippen LogP contribution is -2.29. The van der Waals surface area contributed by atoms with Crippen molar-refractivity contribution >= 4 is 5.91 Å². The van der Waals surface area contributed by atoms with Crippen molar-refractivity contribution in [3.63, 3.8) is 0 Å². The summed E-state index contributed by atoms with van der Waals surface area (Å²) in [6.07, 6.45) is 4.34. The minimum atomic E-state index is -0.281. The first-order valence-electron chi connectivity index (χ1n) is 6.01. The van der Waals surface area contributed by atoms with Gasteiger partial charge in [0.1, 0.15) is 0 Å². The number of carbonyl (C=O) groups excluding carboxylic acids is 1. The number of amides is 1. The van der Waals surface area contributed by atoms with Gasteiger partial charge in [-0.2, -0.15) is 0 Å². The fourth-order valence-electron chi connectivity index (χ4n) is 1.58. The summed E-state index contributed by atoms with van der Waals surface area (Å²) in [5.74, 6) is 0.487. The summed E-state index contributed by atoms with van der Waals surface area (Å²) in [6.45, 7) is 6.62. The Morgan fingerprint density at radius 3 is 2.53 bits per heavy atom. The van der Waals surface area contributed by atoms with Gasteiger partial charge in [-0.1, -0.05) is 26.7 Å². The summed E-state index contributed by atoms with van der Waals surface area (Å²) in [6, 6.07) is 0. The Morgan fingerprint density at radius 2 is 2.00 bits per heavy atom. The molecular formula is C12H25NO2. The first-order valence-corrected chi connectivity index (χ1v) is 6.01. The average Bonchev–Trinajstić information content (AvgIpc) is 2.14. The van der Waals surface area contributed by atoms with Crippen molar-refractivity contribution in [2.75, 3.05) is 6.54 Å². The number of aliphatic hydroxyl groups is 1. The molecular weight excluding hydrogens is 190 g/mol. The zero-order valence-electron chi connectivity index (χ0n) is 10.3. The molecule has 0 aromatic carbocycles. The number of nitrogens with one attached hydrogen (secondary N) is 1. The molecule has 2 N–H and O–H groups in total. The molecule has 0 heterocycles. The monoisotopic (exact) mass is 215 g/mol. The maximum Gasteiger partial charge on any atom is 0.220 e. The highest BCUT2D eigenvalue weighted by atomic mass is 16.3. The fourth-order valence-corrected chi connectivity index (χ4v) is 1.58. The van der Waals surface area contributed by atoms with Crippen LogP contribution in [-0.4, -0.2) is 23.7 Å². The Kier molecular flexibility index (Phi) is 8.38. The molecule has 0 aliphatic carbocycles. The summed E-state index contributed by atoms with van der Waals surface area (Å²) in [5, 5.41) is 12.0. The van der Waals surface area contributed by atoms with E-state index in [-0.39, 0.29) is 12.0 Å². The van der Waals surface area contributed by atoms with E-state index in [0.717, 1.165) is 25.7 Å². The molecule has 90 valence electrons. The maximum atomic E-state index is 11.3. The van der Waals surface area contributed by atoms with E-state index in [4.69, 9.17) is 5.11 Å². The molecule has 0 aromatic rings. The normalized spacial score (nSPS) is 14.7. The molecule has 0 saturated carbocycles. The maximum absolute atomic E-state index is 11.3. The van der Waals surface area contributed by atoms with Crippen LogP contribution in [0.15, 0.2) is 0 Å². The second-order valence-electron chi connectivity index (χ2n) is 4.45. The van der Waals surface area contributed by atoms with E-state index in [1.807, 2.05) is 6.92 Å². The Balaban J connectivity index is 3.44. The molecule has 0 rings (SSSR count). The standard InChI is InChI=1S/C12H25NO2/c1-4-5-6-7-12(15)13-9-10(2)8-11(3)14/h10-11,14H,4-9H2,1-3H3,(H,13,15). The molecule has 2 atom stereocenters. The second kappa shape index (κ2) is 8.72. The highest BCUT2D eigenvalue weighted by Crippen LogP contribution is 2.04. The quantitative estimate of drug-likeness (QED) is 0.609. The van der Waals surface area contributed by atoms with Gasteiger partial charge in [-0.05, 0) is 25.7 Å². The smallest absolute Gasteiger partial charge is 0.220 e. The van der Waals surface area contributed by atoms with E-state index in [0.29, 0.717) is 18.9 Å². The molecule has 3 nitrogen and oxygen atoms in total. The minimum Gasteiger partial charge on any atom is -0.393 e. The average molecular weight is 215 g/mol. The van der Waals surface area contributed by atoms with Gasteiger partial charge >= 0.3 is 0 Å². The van der Waals surface area contributed by atoms with Gasteiger partial charge in [0.05, 0.1) is 6.10 Å². The van der Waals surface area contributed by atoms with Crippen LogP contribution in [0.5, 0.6) is 0 Å². The van der Waals surface area contributed by atoms with Gasteiger partial charge in [-0.3, -0.25) is 4.79 Å². The zero-order chi connectivity index (χ0) is 11.7. The van der Waals surface area contributed by atoms with E-state index < -0.39 is 0 Å². The van der Waals surface area contributed by atoms with Crippen LogP contribution >= 0.6 is 0 Å². The molecule has 0 radical (unpaired) electrons. The van der Waals surface area contributed by atoms with E-state index >= 15 is 0 Å². The van der Waals surface area contributed by atoms with Gasteiger partial charge in [0, 0.05) is 13.0 Å². The molecule has 0 aromatic heterocycles. The van der Waals surface area contributed by atoms with Gasteiger partial charge in [0.15, 0.2) is 0 Å². The van der Waals surface area contributed by atoms with E-state index in [1.54, 1.807) is 6.92 Å². The summed E-state index contributed by atoms with van der Waals surface area (Å²) in [7, 11) is 0. The summed E-state index contributed by atoms with van der Waals surface area (Å²) < 4.78 is 0. The lowest BCUT2D eigenvalue weighted by molar-refractivity contribution is -0.121. The molecule has 3 heteroatoms. The van der Waals surface area contributed by atoms with Crippen molar-refractivity contribution in [3.05, 3.63) is 0 Å². The third-order valence-corrected chi connectivity index (χ3v) is 2.40. The van der Waals surface area contributed by atoms with Crippen molar-refractivity contribution in [2.45, 2.75) is 59.0 Å². The Hall–Kier alpha value is -0.570. The summed E-state index contributed by atoms with van der Waals surface area (Å²) >= 11 is 0. The molecule has 2 unspecified atom stereocenters. The Bertz CT molecular complexity index is 169. The predicted molar refractivity (Wildman–Crippen MR) is 62.6 cm³/mol. The van der Waals surface area contributed by atoms with E-state index in [2.05, 4.69) is 12.2 Å². The topological polar surface area (TPSA) is 49.3 Å². The number of rotatable bonds is 8. The Morgan fingerprint density at radius 1 is 1.33 bits per heavy atom. The summed E-state index contributed by atoms with van der Waals surface area (Å²) in [4.78, 5) is 11.3. The summed E-state index contributed by atoms with van der Waals surface area (Å²) in [5.41, 5.74) is 0. The number of unbranched alkanes of at least 4 members (excludes halogenated alkanes) is 2. The molecule has 0 spiro atoms. The zero-order valence-corrected chi connectivity index (χ0v) is 10.3. The highest BCUT2D eigenvalue weighted by molar-refractivity contribution is 5.75. The molecule has 0 fully saturated rings. The van der Waals surface area contributed by atoms with E-state index in [9.17, 15) is 4.79 Å². The SMILES string of the molecule is CCCCCC(=O)NCC(C)CC(C)O. The van der Waals surface area contributed by atoms with E-state index in [1.165, 1.54) is 0 Å². The fraction of sp³-hybridized carbons (Fsp3) is 0.917. The first kappa shape index (κ1) is 14.4. The van der Waals surface area contributed by atoms with Gasteiger partial charge < -0.3 is 10.4 Å². The van der Waals surface area contributed by atoms with Crippen LogP contribution in [0.4, 0.5) is 0 Å². The van der Waals surface area contributed by atoms with Crippen molar-refractivity contribution in [1.29, 1.82) is 0 Å². The lowest BCUT2D eigenvalue weighted by Gasteiger charge is -2.14. The van der Waals surface area contributed by atoms with Crippen LogP contribution in [0.2, 0.25) is 0 Å². The van der Waals surface area contributed by atoms with Gasteiger partial charge in [-0.25, -0.2) is 0 Å². The van der Waals surface area contributed by atoms with Crippen LogP contribution in [0.25, 0.3) is 0 Å². The first-order chi connectivity index (χ1) is 7.06. The van der Waals surface area contributed by atoms with Crippen LogP contribution in [0.1, 0.15) is 52.9 Å². The molecule has 0 bridgehead atoms. The van der Waals surface area contributed by atoms with Crippen molar-refractivity contribution < 1.29 is 9.90 Å². The third-order valence-electron chi connectivity index (χ3n) is 2.40. The minimum absolute atomic E-state index is 0.140. The molecule has 0 aliphatic heterocycles. The predicted octanol–water partition coefficient (Wildman–Crippen LogP) is 2.09. The molecule has 15 heavy (non-hydrogen) atoms. The third kappa shape index (κ3) is 9.73. The number of aliphatic hydroxyl groups excluding tert-OH is 1.